The van der Waals surface area contributed by atoms with Gasteiger partial charge in [0.25, 0.3) is 0 Å². The Labute approximate surface area is 70.2 Å². The van der Waals surface area contributed by atoms with E-state index in [-0.39, 0.29) is 6.47 Å². The third-order valence-corrected chi connectivity index (χ3v) is 1.79. The summed E-state index contributed by atoms with van der Waals surface area (Å²) in [5.74, 6) is 0. The first-order valence-electron chi connectivity index (χ1n) is 3.64. The number of carbonyl (C=O) groups excluding carboxylic acids is 2. The Hall–Kier alpha value is -1.10. The van der Waals surface area contributed by atoms with Gasteiger partial charge in [-0.15, -0.1) is 0 Å². The Morgan fingerprint density at radius 1 is 1.67 bits per heavy atom. The van der Waals surface area contributed by atoms with E-state index in [9.17, 15) is 9.59 Å². The fourth-order valence-electron chi connectivity index (χ4n) is 1.15. The fourth-order valence-corrected chi connectivity index (χ4v) is 1.15. The second kappa shape index (κ2) is 3.10. The molecule has 0 aliphatic carbocycles. The van der Waals surface area contributed by atoms with Crippen LogP contribution in [0, 0.1) is 0 Å². The minimum Gasteiger partial charge on any atom is -0.379 e. The Morgan fingerprint density at radius 2 is 2.33 bits per heavy atom. The van der Waals surface area contributed by atoms with Crippen LogP contribution in [-0.2, 0) is 14.3 Å². The lowest BCUT2D eigenvalue weighted by Gasteiger charge is -2.27. The SMILES string of the molecule is CC1(C)OCCN1C(=O)OC=O. The highest BCUT2D eigenvalue weighted by atomic mass is 16.6. The lowest BCUT2D eigenvalue weighted by Crippen LogP contribution is -2.43. The Kier molecular flexibility index (Phi) is 2.32. The van der Waals surface area contributed by atoms with Crippen LogP contribution in [0.2, 0.25) is 0 Å². The third kappa shape index (κ3) is 1.55. The van der Waals surface area contributed by atoms with Gasteiger partial charge in [0.2, 0.25) is 0 Å². The van der Waals surface area contributed by atoms with Gasteiger partial charge in [-0.1, -0.05) is 0 Å². The molecule has 0 aromatic rings. The Morgan fingerprint density at radius 3 is 2.75 bits per heavy atom. The highest BCUT2D eigenvalue weighted by Gasteiger charge is 2.37. The molecule has 1 rings (SSSR count). The van der Waals surface area contributed by atoms with Gasteiger partial charge in [0.1, 0.15) is 5.72 Å². The van der Waals surface area contributed by atoms with Gasteiger partial charge < -0.3 is 9.47 Å². The summed E-state index contributed by atoms with van der Waals surface area (Å²) in [6.07, 6.45) is -0.660. The minimum absolute atomic E-state index is 0.122. The second-order valence-corrected chi connectivity index (χ2v) is 2.93. The van der Waals surface area contributed by atoms with E-state index in [1.165, 1.54) is 4.90 Å². The number of nitrogens with zero attached hydrogens (tertiary/aromatic N) is 1. The van der Waals surface area contributed by atoms with Gasteiger partial charge in [-0.3, -0.25) is 9.69 Å². The van der Waals surface area contributed by atoms with Gasteiger partial charge in [0.15, 0.2) is 0 Å². The maximum atomic E-state index is 11.1. The molecule has 5 nitrogen and oxygen atoms in total. The van der Waals surface area contributed by atoms with Crippen LogP contribution in [-0.4, -0.2) is 36.3 Å². The maximum Gasteiger partial charge on any atom is 0.419 e. The number of ether oxygens (including phenoxy) is 2. The summed E-state index contributed by atoms with van der Waals surface area (Å²) in [6, 6.07) is 0. The van der Waals surface area contributed by atoms with Crippen molar-refractivity contribution in [2.24, 2.45) is 0 Å². The van der Waals surface area contributed by atoms with E-state index in [0.29, 0.717) is 13.2 Å². The zero-order chi connectivity index (χ0) is 9.19. The van der Waals surface area contributed by atoms with E-state index in [2.05, 4.69) is 4.74 Å². The molecular formula is C7H11NO4. The van der Waals surface area contributed by atoms with E-state index < -0.39 is 11.8 Å². The van der Waals surface area contributed by atoms with Gasteiger partial charge >= 0.3 is 12.6 Å². The molecule has 1 saturated heterocycles. The summed E-state index contributed by atoms with van der Waals surface area (Å²) in [5.41, 5.74) is -0.667. The molecule has 1 aliphatic rings. The molecule has 0 atom stereocenters. The van der Waals surface area contributed by atoms with E-state index >= 15 is 0 Å². The molecule has 0 N–H and O–H groups in total. The molecule has 1 amide bonds. The molecule has 0 unspecified atom stereocenters. The molecule has 0 aromatic heterocycles. The zero-order valence-electron chi connectivity index (χ0n) is 7.07. The minimum atomic E-state index is -0.667. The first-order valence-corrected chi connectivity index (χ1v) is 3.64. The van der Waals surface area contributed by atoms with Gasteiger partial charge in [-0.25, -0.2) is 4.79 Å². The van der Waals surface area contributed by atoms with Crippen LogP contribution in [0.5, 0.6) is 0 Å². The average Bonchev–Trinajstić information content (AvgIpc) is 2.30. The van der Waals surface area contributed by atoms with E-state index in [1.807, 2.05) is 0 Å². The molecule has 0 spiro atoms. The van der Waals surface area contributed by atoms with Gasteiger partial charge in [0, 0.05) is 0 Å². The molecule has 0 radical (unpaired) electrons. The van der Waals surface area contributed by atoms with E-state index in [4.69, 9.17) is 4.74 Å². The van der Waals surface area contributed by atoms with Crippen molar-refractivity contribution in [3.05, 3.63) is 0 Å². The second-order valence-electron chi connectivity index (χ2n) is 2.93. The lowest BCUT2D eigenvalue weighted by molar-refractivity contribution is -0.125. The van der Waals surface area contributed by atoms with Crippen LogP contribution < -0.4 is 0 Å². The van der Waals surface area contributed by atoms with Gasteiger partial charge in [0.05, 0.1) is 13.2 Å². The molecule has 0 bridgehead atoms. The van der Waals surface area contributed by atoms with Crippen LogP contribution in [0.3, 0.4) is 0 Å². The van der Waals surface area contributed by atoms with Crippen LogP contribution in [0.1, 0.15) is 13.8 Å². The highest BCUT2D eigenvalue weighted by molar-refractivity contribution is 5.75. The van der Waals surface area contributed by atoms with Crippen LogP contribution in [0.25, 0.3) is 0 Å². The number of carbonyl (C=O) groups is 2. The Bertz CT molecular complexity index is 202. The van der Waals surface area contributed by atoms with Crippen molar-refractivity contribution in [1.82, 2.24) is 4.90 Å². The first-order chi connectivity index (χ1) is 5.58. The molecule has 0 saturated carbocycles. The summed E-state index contributed by atoms with van der Waals surface area (Å²) < 4.78 is 9.42. The number of hydrogen-bond acceptors (Lipinski definition) is 4. The maximum absolute atomic E-state index is 11.1. The lowest BCUT2D eigenvalue weighted by atomic mass is 10.3. The number of rotatable bonds is 1. The van der Waals surface area contributed by atoms with Crippen molar-refractivity contribution >= 4 is 12.6 Å². The largest absolute Gasteiger partial charge is 0.419 e. The molecule has 12 heavy (non-hydrogen) atoms. The van der Waals surface area contributed by atoms with Crippen molar-refractivity contribution < 1.29 is 19.1 Å². The van der Waals surface area contributed by atoms with Crippen LogP contribution >= 0.6 is 0 Å². The van der Waals surface area contributed by atoms with Crippen molar-refractivity contribution in [2.45, 2.75) is 19.6 Å². The predicted molar refractivity (Wildman–Crippen MR) is 39.3 cm³/mol. The summed E-state index contributed by atoms with van der Waals surface area (Å²) >= 11 is 0. The number of hydrogen-bond donors (Lipinski definition) is 0. The summed E-state index contributed by atoms with van der Waals surface area (Å²) in [4.78, 5) is 22.3. The normalized spacial score (nSPS) is 20.7. The topological polar surface area (TPSA) is 55.8 Å². The van der Waals surface area contributed by atoms with Gasteiger partial charge in [-0.2, -0.15) is 0 Å². The molecule has 68 valence electrons. The van der Waals surface area contributed by atoms with Crippen molar-refractivity contribution in [1.29, 1.82) is 0 Å². The first kappa shape index (κ1) is 8.99. The van der Waals surface area contributed by atoms with Crippen LogP contribution in [0.15, 0.2) is 0 Å². The van der Waals surface area contributed by atoms with Crippen molar-refractivity contribution in [3.8, 4) is 0 Å². The molecule has 1 aliphatic heterocycles. The van der Waals surface area contributed by atoms with E-state index in [0.717, 1.165) is 0 Å². The fraction of sp³-hybridized carbons (Fsp3) is 0.714. The molecular weight excluding hydrogens is 162 g/mol. The van der Waals surface area contributed by atoms with Crippen molar-refractivity contribution in [3.63, 3.8) is 0 Å². The number of amides is 1. The van der Waals surface area contributed by atoms with E-state index in [1.54, 1.807) is 13.8 Å². The van der Waals surface area contributed by atoms with Gasteiger partial charge in [-0.05, 0) is 13.8 Å². The molecule has 0 aromatic carbocycles. The predicted octanol–water partition coefficient (Wildman–Crippen LogP) is 0.348. The highest BCUT2D eigenvalue weighted by Crippen LogP contribution is 2.22. The summed E-state index contributed by atoms with van der Waals surface area (Å²) in [7, 11) is 0. The third-order valence-electron chi connectivity index (χ3n) is 1.79. The molecule has 1 fully saturated rings. The summed E-state index contributed by atoms with van der Waals surface area (Å²) in [6.45, 7) is 4.54. The average molecular weight is 173 g/mol. The Balaban J connectivity index is 2.62. The van der Waals surface area contributed by atoms with Crippen molar-refractivity contribution in [2.75, 3.05) is 13.2 Å². The summed E-state index contributed by atoms with van der Waals surface area (Å²) in [5, 5.41) is 0. The zero-order valence-corrected chi connectivity index (χ0v) is 7.07. The molecule has 5 heteroatoms. The monoisotopic (exact) mass is 173 g/mol. The molecule has 1 heterocycles. The standard InChI is InChI=1S/C7H11NO4/c1-7(2)8(3-4-12-7)6(10)11-5-9/h5H,3-4H2,1-2H3. The smallest absolute Gasteiger partial charge is 0.379 e. The quantitative estimate of drug-likeness (QED) is 0.424. The van der Waals surface area contributed by atoms with Crippen LogP contribution in [0.4, 0.5) is 4.79 Å².